The van der Waals surface area contributed by atoms with Crippen molar-refractivity contribution in [2.45, 2.75) is 6.92 Å². The zero-order valence-electron chi connectivity index (χ0n) is 12.5. The van der Waals surface area contributed by atoms with E-state index in [-0.39, 0.29) is 0 Å². The summed E-state index contributed by atoms with van der Waals surface area (Å²) in [5, 5.41) is 0.746. The predicted octanol–water partition coefficient (Wildman–Crippen LogP) is 3.30. The second kappa shape index (κ2) is 6.72. The molecule has 0 aliphatic carbocycles. The van der Waals surface area contributed by atoms with Gasteiger partial charge >= 0.3 is 0 Å². The third-order valence-electron chi connectivity index (χ3n) is 3.78. The highest BCUT2D eigenvalue weighted by atomic mass is 35.5. The van der Waals surface area contributed by atoms with E-state index in [0.717, 1.165) is 48.2 Å². The van der Waals surface area contributed by atoms with Gasteiger partial charge in [-0.25, -0.2) is 0 Å². The minimum absolute atomic E-state index is 0.627. The molecule has 1 fully saturated rings. The molecule has 1 aliphatic rings. The molecule has 0 spiro atoms. The minimum atomic E-state index is 0.627. The van der Waals surface area contributed by atoms with E-state index in [1.165, 1.54) is 0 Å². The first-order chi connectivity index (χ1) is 10.0. The van der Waals surface area contributed by atoms with Gasteiger partial charge in [0.1, 0.15) is 0 Å². The maximum absolute atomic E-state index is 5.93. The van der Waals surface area contributed by atoms with Crippen LogP contribution in [-0.4, -0.2) is 36.0 Å². The molecule has 2 N–H and O–H groups in total. The van der Waals surface area contributed by atoms with Gasteiger partial charge < -0.3 is 15.5 Å². The molecule has 4 heteroatoms. The maximum Gasteiger partial charge on any atom is 0.0551 e. The summed E-state index contributed by atoms with van der Waals surface area (Å²) in [5.41, 5.74) is 9.65. The van der Waals surface area contributed by atoms with E-state index in [0.29, 0.717) is 5.70 Å². The summed E-state index contributed by atoms with van der Waals surface area (Å²) < 4.78 is 0. The molecule has 0 aromatic heterocycles. The molecule has 21 heavy (non-hydrogen) atoms. The smallest absolute Gasteiger partial charge is 0.0551 e. The zero-order valence-corrected chi connectivity index (χ0v) is 13.2. The molecule has 0 radical (unpaired) electrons. The number of halogens is 1. The van der Waals surface area contributed by atoms with Gasteiger partial charge in [-0.2, -0.15) is 0 Å². The van der Waals surface area contributed by atoms with Crippen molar-refractivity contribution in [3.63, 3.8) is 0 Å². The highest BCUT2D eigenvalue weighted by molar-refractivity contribution is 6.30. The quantitative estimate of drug-likeness (QED) is 0.866. The lowest BCUT2D eigenvalue weighted by Crippen LogP contribution is -2.45. The van der Waals surface area contributed by atoms with Crippen molar-refractivity contribution in [2.24, 2.45) is 5.73 Å². The molecule has 3 nitrogen and oxygen atoms in total. The third kappa shape index (κ3) is 3.61. The topological polar surface area (TPSA) is 32.5 Å². The first-order valence-corrected chi connectivity index (χ1v) is 7.46. The molecule has 1 aromatic rings. The van der Waals surface area contributed by atoms with Crippen LogP contribution in [0.2, 0.25) is 5.02 Å². The molecule has 2 rings (SSSR count). The van der Waals surface area contributed by atoms with Gasteiger partial charge in [-0.3, -0.25) is 0 Å². The molecule has 1 saturated heterocycles. The van der Waals surface area contributed by atoms with Crippen molar-refractivity contribution in [1.82, 2.24) is 9.80 Å². The van der Waals surface area contributed by atoms with Crippen LogP contribution in [0.25, 0.3) is 5.70 Å². The highest BCUT2D eigenvalue weighted by Crippen LogP contribution is 2.22. The molecule has 0 amide bonds. The van der Waals surface area contributed by atoms with E-state index < -0.39 is 0 Å². The van der Waals surface area contributed by atoms with Crippen LogP contribution in [0.1, 0.15) is 12.5 Å². The highest BCUT2D eigenvalue weighted by Gasteiger charge is 2.20. The van der Waals surface area contributed by atoms with Crippen molar-refractivity contribution >= 4 is 17.3 Å². The molecule has 1 heterocycles. The Morgan fingerprint density at radius 3 is 2.10 bits per heavy atom. The SMILES string of the molecule is C=C(N)/C(=C\C)N1CCN(C(=C)c2ccc(Cl)cc2)CC1. The molecule has 1 aromatic carbocycles. The average molecular weight is 304 g/mol. The Morgan fingerprint density at radius 1 is 1.10 bits per heavy atom. The number of nitrogens with two attached hydrogens (primary N) is 1. The predicted molar refractivity (Wildman–Crippen MR) is 90.7 cm³/mol. The Bertz CT molecular complexity index is 552. The lowest BCUT2D eigenvalue weighted by atomic mass is 10.1. The Labute approximate surface area is 132 Å². The van der Waals surface area contributed by atoms with Gasteiger partial charge in [-0.15, -0.1) is 0 Å². The molecule has 0 atom stereocenters. The van der Waals surface area contributed by atoms with E-state index >= 15 is 0 Å². The van der Waals surface area contributed by atoms with Crippen LogP contribution in [0, 0.1) is 0 Å². The van der Waals surface area contributed by atoms with Gasteiger partial charge in [-0.1, -0.05) is 43.0 Å². The zero-order chi connectivity index (χ0) is 15.4. The van der Waals surface area contributed by atoms with Gasteiger partial charge in [0.2, 0.25) is 0 Å². The van der Waals surface area contributed by atoms with Crippen molar-refractivity contribution in [1.29, 1.82) is 0 Å². The van der Waals surface area contributed by atoms with Crippen LogP contribution in [0.5, 0.6) is 0 Å². The summed E-state index contributed by atoms with van der Waals surface area (Å²) in [7, 11) is 0. The van der Waals surface area contributed by atoms with Crippen molar-refractivity contribution in [3.05, 3.63) is 65.5 Å². The van der Waals surface area contributed by atoms with Gasteiger partial charge in [0.05, 0.1) is 5.70 Å². The third-order valence-corrected chi connectivity index (χ3v) is 4.03. The van der Waals surface area contributed by atoms with Gasteiger partial charge in [0.15, 0.2) is 0 Å². The Kier molecular flexibility index (Phi) is 4.97. The lowest BCUT2D eigenvalue weighted by molar-refractivity contribution is 0.216. The van der Waals surface area contributed by atoms with Gasteiger partial charge in [0, 0.05) is 42.6 Å². The van der Waals surface area contributed by atoms with Gasteiger partial charge in [0.25, 0.3) is 0 Å². The van der Waals surface area contributed by atoms with E-state index in [1.54, 1.807) is 0 Å². The number of piperazine rings is 1. The summed E-state index contributed by atoms with van der Waals surface area (Å²) in [5.74, 6) is 0. The standard InChI is InChI=1S/C17H22ClN3/c1-4-17(13(2)19)21-11-9-20(10-12-21)14(3)15-5-7-16(18)8-6-15/h4-8H,2-3,9-12,19H2,1H3/b17-4+. The number of nitrogens with zero attached hydrogens (tertiary/aromatic N) is 2. The molecule has 0 unspecified atom stereocenters. The number of allylic oxidation sites excluding steroid dienone is 1. The first kappa shape index (κ1) is 15.5. The van der Waals surface area contributed by atoms with E-state index in [4.69, 9.17) is 17.3 Å². The summed E-state index contributed by atoms with van der Waals surface area (Å²) in [4.78, 5) is 4.57. The molecular weight excluding hydrogens is 282 g/mol. The number of hydrogen-bond donors (Lipinski definition) is 1. The van der Waals surface area contributed by atoms with Crippen LogP contribution >= 0.6 is 11.6 Å². The van der Waals surface area contributed by atoms with Crippen LogP contribution in [0.15, 0.2) is 54.9 Å². The minimum Gasteiger partial charge on any atom is -0.398 e. The lowest BCUT2D eigenvalue weighted by Gasteiger charge is -2.39. The summed E-state index contributed by atoms with van der Waals surface area (Å²) in [6.45, 7) is 13.7. The fourth-order valence-corrected chi connectivity index (χ4v) is 2.74. The molecule has 0 bridgehead atoms. The number of hydrogen-bond acceptors (Lipinski definition) is 3. The van der Waals surface area contributed by atoms with Crippen LogP contribution < -0.4 is 5.73 Å². The fraction of sp³-hybridized carbons (Fsp3) is 0.294. The fourth-order valence-electron chi connectivity index (χ4n) is 2.61. The summed E-state index contributed by atoms with van der Waals surface area (Å²) in [6.07, 6.45) is 2.02. The normalized spacial score (nSPS) is 16.0. The second-order valence-corrected chi connectivity index (χ2v) is 5.56. The Hall–Kier alpha value is -1.87. The van der Waals surface area contributed by atoms with E-state index in [1.807, 2.05) is 37.3 Å². The van der Waals surface area contributed by atoms with Crippen molar-refractivity contribution in [3.8, 4) is 0 Å². The molecule has 1 aliphatic heterocycles. The second-order valence-electron chi connectivity index (χ2n) is 5.13. The molecule has 0 saturated carbocycles. The van der Waals surface area contributed by atoms with Crippen LogP contribution in [0.4, 0.5) is 0 Å². The summed E-state index contributed by atoms with van der Waals surface area (Å²) in [6, 6.07) is 7.82. The monoisotopic (exact) mass is 303 g/mol. The molecule has 112 valence electrons. The number of rotatable bonds is 4. The van der Waals surface area contributed by atoms with Crippen molar-refractivity contribution < 1.29 is 0 Å². The maximum atomic E-state index is 5.93. The largest absolute Gasteiger partial charge is 0.398 e. The van der Waals surface area contributed by atoms with E-state index in [9.17, 15) is 0 Å². The van der Waals surface area contributed by atoms with E-state index in [2.05, 4.69) is 23.0 Å². The Morgan fingerprint density at radius 2 is 1.62 bits per heavy atom. The number of benzene rings is 1. The van der Waals surface area contributed by atoms with Crippen LogP contribution in [0.3, 0.4) is 0 Å². The van der Waals surface area contributed by atoms with Gasteiger partial charge in [-0.05, 0) is 24.6 Å². The van der Waals surface area contributed by atoms with Crippen LogP contribution in [-0.2, 0) is 0 Å². The summed E-state index contributed by atoms with van der Waals surface area (Å²) >= 11 is 5.93. The average Bonchev–Trinajstić information content (AvgIpc) is 2.48. The molecular formula is C17H22ClN3. The Balaban J connectivity index is 1.99. The van der Waals surface area contributed by atoms with Crippen molar-refractivity contribution in [2.75, 3.05) is 26.2 Å². The first-order valence-electron chi connectivity index (χ1n) is 7.08.